The Hall–Kier alpha value is -1.56. The average molecular weight is 465 g/mol. The summed E-state index contributed by atoms with van der Waals surface area (Å²) < 4.78 is 0. The molecule has 1 atom stereocenters. The zero-order valence-electron chi connectivity index (χ0n) is 17.2. The number of amides is 2. The van der Waals surface area contributed by atoms with E-state index >= 15 is 0 Å². The predicted octanol–water partition coefficient (Wildman–Crippen LogP) is 5.13. The Morgan fingerprint density at radius 1 is 1.20 bits per heavy atom. The Labute approximate surface area is 191 Å². The van der Waals surface area contributed by atoms with E-state index in [4.69, 9.17) is 23.2 Å². The lowest BCUT2D eigenvalue weighted by Gasteiger charge is -2.38. The lowest BCUT2D eigenvalue weighted by molar-refractivity contribution is -0.146. The number of hydrogen-bond donors (Lipinski definition) is 0. The summed E-state index contributed by atoms with van der Waals surface area (Å²) in [5.41, 5.74) is 1.53. The number of thiophene rings is 1. The van der Waals surface area contributed by atoms with Crippen LogP contribution >= 0.6 is 34.5 Å². The van der Waals surface area contributed by atoms with Crippen molar-refractivity contribution in [2.45, 2.75) is 45.2 Å². The molecule has 1 unspecified atom stereocenters. The molecule has 7 heteroatoms. The third-order valence-corrected chi connectivity index (χ3v) is 7.86. The summed E-state index contributed by atoms with van der Waals surface area (Å²) in [6.45, 7) is 4.44. The molecule has 2 aliphatic rings. The Kier molecular flexibility index (Phi) is 6.16. The van der Waals surface area contributed by atoms with E-state index < -0.39 is 5.41 Å². The van der Waals surface area contributed by atoms with Crippen LogP contribution in [0.4, 0.5) is 0 Å². The molecule has 2 heterocycles. The lowest BCUT2D eigenvalue weighted by Crippen LogP contribution is -2.50. The largest absolute Gasteiger partial charge is 0.330 e. The van der Waals surface area contributed by atoms with Crippen LogP contribution in [-0.4, -0.2) is 46.6 Å². The molecule has 2 amide bonds. The SMILES string of the molecule is CC(C)(CCl)C(=O)N(CC(=O)N1CCc2sccc2C1c1ccc(Cl)cc1)C1CC1. The highest BCUT2D eigenvalue weighted by Crippen LogP contribution is 2.39. The highest BCUT2D eigenvalue weighted by atomic mass is 35.5. The number of hydrogen-bond acceptors (Lipinski definition) is 3. The second kappa shape index (κ2) is 8.52. The summed E-state index contributed by atoms with van der Waals surface area (Å²) in [6.07, 6.45) is 2.74. The third-order valence-electron chi connectivity index (χ3n) is 5.94. The van der Waals surface area contributed by atoms with Gasteiger partial charge in [-0.3, -0.25) is 9.59 Å². The first-order valence-corrected chi connectivity index (χ1v) is 12.1. The quantitative estimate of drug-likeness (QED) is 0.555. The predicted molar refractivity (Wildman–Crippen MR) is 122 cm³/mol. The van der Waals surface area contributed by atoms with E-state index in [9.17, 15) is 9.59 Å². The minimum absolute atomic E-state index is 0.0163. The Balaban J connectivity index is 1.61. The van der Waals surface area contributed by atoms with Crippen LogP contribution in [0.1, 0.15) is 48.7 Å². The van der Waals surface area contributed by atoms with E-state index in [1.54, 1.807) is 16.2 Å². The van der Waals surface area contributed by atoms with Gasteiger partial charge in [0, 0.05) is 28.4 Å². The standard InChI is InChI=1S/C23H26Cl2N2O2S/c1-23(2,14-24)22(29)27(17-7-8-17)13-20(28)26-11-9-19-18(10-12-30-19)21(26)15-3-5-16(25)6-4-15/h3-6,10,12,17,21H,7-9,11,13-14H2,1-2H3. The topological polar surface area (TPSA) is 40.6 Å². The Morgan fingerprint density at radius 3 is 2.53 bits per heavy atom. The second-order valence-corrected chi connectivity index (χ2v) is 10.5. The molecule has 160 valence electrons. The maximum Gasteiger partial charge on any atom is 0.243 e. The number of carbonyl (C=O) groups excluding carboxylic acids is 2. The highest BCUT2D eigenvalue weighted by molar-refractivity contribution is 7.10. The van der Waals surface area contributed by atoms with E-state index in [0.29, 0.717) is 11.6 Å². The summed E-state index contributed by atoms with van der Waals surface area (Å²) in [5, 5.41) is 2.76. The monoisotopic (exact) mass is 464 g/mol. The molecule has 0 saturated heterocycles. The molecule has 0 radical (unpaired) electrons. The first kappa shape index (κ1) is 21.7. The smallest absolute Gasteiger partial charge is 0.243 e. The van der Waals surface area contributed by atoms with E-state index in [2.05, 4.69) is 11.4 Å². The van der Waals surface area contributed by atoms with Crippen molar-refractivity contribution >= 4 is 46.4 Å². The van der Waals surface area contributed by atoms with Crippen LogP contribution < -0.4 is 0 Å². The molecule has 4 rings (SSSR count). The van der Waals surface area contributed by atoms with Gasteiger partial charge in [-0.1, -0.05) is 23.7 Å². The van der Waals surface area contributed by atoms with Gasteiger partial charge in [-0.2, -0.15) is 0 Å². The van der Waals surface area contributed by atoms with Crippen molar-refractivity contribution in [3.05, 3.63) is 56.7 Å². The minimum Gasteiger partial charge on any atom is -0.330 e. The zero-order chi connectivity index (χ0) is 21.5. The molecule has 1 aliphatic heterocycles. The van der Waals surface area contributed by atoms with E-state index in [1.807, 2.05) is 43.0 Å². The van der Waals surface area contributed by atoms with Crippen molar-refractivity contribution in [3.8, 4) is 0 Å². The van der Waals surface area contributed by atoms with Gasteiger partial charge in [-0.25, -0.2) is 0 Å². The van der Waals surface area contributed by atoms with Crippen molar-refractivity contribution < 1.29 is 9.59 Å². The molecular formula is C23H26Cl2N2O2S. The summed E-state index contributed by atoms with van der Waals surface area (Å²) in [6, 6.07) is 9.81. The molecule has 1 saturated carbocycles. The van der Waals surface area contributed by atoms with Gasteiger partial charge in [0.15, 0.2) is 0 Å². The molecule has 30 heavy (non-hydrogen) atoms. The van der Waals surface area contributed by atoms with Crippen LogP contribution in [0.15, 0.2) is 35.7 Å². The zero-order valence-corrected chi connectivity index (χ0v) is 19.6. The van der Waals surface area contributed by atoms with Crippen molar-refractivity contribution in [2.24, 2.45) is 5.41 Å². The van der Waals surface area contributed by atoms with Crippen LogP contribution in [0.25, 0.3) is 0 Å². The van der Waals surface area contributed by atoms with E-state index in [-0.39, 0.29) is 36.3 Å². The lowest BCUT2D eigenvalue weighted by atomic mass is 9.92. The van der Waals surface area contributed by atoms with Gasteiger partial charge < -0.3 is 9.80 Å². The van der Waals surface area contributed by atoms with Crippen LogP contribution in [0, 0.1) is 5.41 Å². The van der Waals surface area contributed by atoms with Crippen molar-refractivity contribution in [1.29, 1.82) is 0 Å². The number of fused-ring (bicyclic) bond motifs is 1. The molecule has 0 spiro atoms. The molecule has 1 fully saturated rings. The number of rotatable bonds is 6. The average Bonchev–Trinajstić information content (AvgIpc) is 3.47. The number of benzene rings is 1. The first-order valence-electron chi connectivity index (χ1n) is 10.3. The fraction of sp³-hybridized carbons (Fsp3) is 0.478. The maximum absolute atomic E-state index is 13.5. The van der Waals surface area contributed by atoms with Gasteiger partial charge in [-0.05, 0) is 67.8 Å². The number of nitrogens with zero attached hydrogens (tertiary/aromatic N) is 2. The number of carbonyl (C=O) groups is 2. The van der Waals surface area contributed by atoms with Gasteiger partial charge in [0.05, 0.1) is 11.5 Å². The second-order valence-electron chi connectivity index (χ2n) is 8.77. The van der Waals surface area contributed by atoms with Crippen LogP contribution in [-0.2, 0) is 16.0 Å². The fourth-order valence-corrected chi connectivity index (χ4v) is 5.17. The Morgan fingerprint density at radius 2 is 1.90 bits per heavy atom. The summed E-state index contributed by atoms with van der Waals surface area (Å²) in [4.78, 5) is 31.6. The van der Waals surface area contributed by atoms with Crippen LogP contribution in [0.2, 0.25) is 5.02 Å². The van der Waals surface area contributed by atoms with E-state index in [0.717, 1.165) is 24.8 Å². The fourth-order valence-electron chi connectivity index (χ4n) is 4.02. The molecule has 1 aromatic carbocycles. The van der Waals surface area contributed by atoms with Crippen molar-refractivity contribution in [3.63, 3.8) is 0 Å². The normalized spacial score (nSPS) is 18.8. The number of halogens is 2. The van der Waals surface area contributed by atoms with Gasteiger partial charge in [-0.15, -0.1) is 22.9 Å². The van der Waals surface area contributed by atoms with Gasteiger partial charge in [0.1, 0.15) is 6.54 Å². The molecule has 0 N–H and O–H groups in total. The van der Waals surface area contributed by atoms with Gasteiger partial charge in [0.2, 0.25) is 11.8 Å². The van der Waals surface area contributed by atoms with Crippen LogP contribution in [0.5, 0.6) is 0 Å². The van der Waals surface area contributed by atoms with Crippen molar-refractivity contribution in [1.82, 2.24) is 9.80 Å². The van der Waals surface area contributed by atoms with Gasteiger partial charge in [0.25, 0.3) is 0 Å². The summed E-state index contributed by atoms with van der Waals surface area (Å²) >= 11 is 13.9. The molecular weight excluding hydrogens is 439 g/mol. The maximum atomic E-state index is 13.5. The molecule has 4 nitrogen and oxygen atoms in total. The highest BCUT2D eigenvalue weighted by Gasteiger charge is 2.42. The summed E-state index contributed by atoms with van der Waals surface area (Å²) in [5.74, 6) is 0.181. The van der Waals surface area contributed by atoms with Crippen molar-refractivity contribution in [2.75, 3.05) is 19.0 Å². The summed E-state index contributed by atoms with van der Waals surface area (Å²) in [7, 11) is 0. The van der Waals surface area contributed by atoms with Gasteiger partial charge >= 0.3 is 0 Å². The van der Waals surface area contributed by atoms with E-state index in [1.165, 1.54) is 10.4 Å². The van der Waals surface area contributed by atoms with Crippen LogP contribution in [0.3, 0.4) is 0 Å². The Bertz CT molecular complexity index is 937. The molecule has 0 bridgehead atoms. The molecule has 2 aromatic rings. The number of alkyl halides is 1. The molecule has 1 aromatic heterocycles. The first-order chi connectivity index (χ1) is 14.3. The third kappa shape index (κ3) is 4.25. The molecule has 1 aliphatic carbocycles. The minimum atomic E-state index is -0.678.